The molecule has 0 bridgehead atoms. The van der Waals surface area contributed by atoms with Gasteiger partial charge in [0.1, 0.15) is 16.8 Å². The maximum atomic E-state index is 13.2. The molecular formula is C14H11ClF2N2O3. The third-order valence-corrected chi connectivity index (χ3v) is 3.15. The summed E-state index contributed by atoms with van der Waals surface area (Å²) in [5.41, 5.74) is 0.129. The minimum Gasteiger partial charge on any atom is -0.504 e. The van der Waals surface area contributed by atoms with Gasteiger partial charge < -0.3 is 9.84 Å². The van der Waals surface area contributed by atoms with Crippen molar-refractivity contribution in [3.05, 3.63) is 58.1 Å². The van der Waals surface area contributed by atoms with E-state index in [-0.39, 0.29) is 28.5 Å². The van der Waals surface area contributed by atoms with Gasteiger partial charge in [-0.25, -0.2) is 18.3 Å². The summed E-state index contributed by atoms with van der Waals surface area (Å²) in [6, 6.07) is 2.97. The maximum absolute atomic E-state index is 13.2. The molecule has 0 aliphatic heterocycles. The first-order chi connectivity index (χ1) is 10.4. The standard InChI is InChI=1S/C14H11ClF2N2O3/c1-22-3-2-11-12(14(20)21)18-19(13(11)15)7-8-4-9(16)6-10(17)5-8/h2-6H,7H2,1H3,(H,20,21)/b3-2+. The van der Waals surface area contributed by atoms with E-state index in [1.807, 2.05) is 0 Å². The van der Waals surface area contributed by atoms with Gasteiger partial charge in [0.15, 0.2) is 5.69 Å². The molecule has 2 aromatic rings. The van der Waals surface area contributed by atoms with Crippen molar-refractivity contribution in [3.63, 3.8) is 0 Å². The first kappa shape index (κ1) is 16.0. The highest BCUT2D eigenvalue weighted by Gasteiger charge is 2.20. The second-order valence-electron chi connectivity index (χ2n) is 4.33. The molecule has 1 heterocycles. The van der Waals surface area contributed by atoms with Crippen LogP contribution in [-0.4, -0.2) is 28.0 Å². The summed E-state index contributed by atoms with van der Waals surface area (Å²) in [6.45, 7) is -0.0748. The molecule has 2 rings (SSSR count). The van der Waals surface area contributed by atoms with E-state index in [0.29, 0.717) is 0 Å². The van der Waals surface area contributed by atoms with Gasteiger partial charge in [0.2, 0.25) is 0 Å². The fourth-order valence-electron chi connectivity index (χ4n) is 1.88. The largest absolute Gasteiger partial charge is 0.504 e. The average molecular weight is 329 g/mol. The second-order valence-corrected chi connectivity index (χ2v) is 4.69. The molecule has 8 heteroatoms. The first-order valence-corrected chi connectivity index (χ1v) is 6.44. The van der Waals surface area contributed by atoms with Gasteiger partial charge in [-0.3, -0.25) is 0 Å². The molecule has 0 atom stereocenters. The lowest BCUT2D eigenvalue weighted by molar-refractivity contribution is 0.0689. The number of rotatable bonds is 5. The molecule has 116 valence electrons. The van der Waals surface area contributed by atoms with Gasteiger partial charge in [-0.15, -0.1) is 0 Å². The number of hydrogen-bond donors (Lipinski definition) is 1. The highest BCUT2D eigenvalue weighted by Crippen LogP contribution is 2.23. The van der Waals surface area contributed by atoms with Gasteiger partial charge in [0.05, 0.1) is 19.9 Å². The Hall–Kier alpha value is -2.41. The van der Waals surface area contributed by atoms with Crippen LogP contribution in [0.3, 0.4) is 0 Å². The van der Waals surface area contributed by atoms with Crippen molar-refractivity contribution < 1.29 is 23.4 Å². The van der Waals surface area contributed by atoms with E-state index in [9.17, 15) is 13.6 Å². The van der Waals surface area contributed by atoms with Gasteiger partial charge in [-0.05, 0) is 23.8 Å². The number of carboxylic acids is 1. The fourth-order valence-corrected chi connectivity index (χ4v) is 2.13. The van der Waals surface area contributed by atoms with Crippen molar-refractivity contribution in [2.75, 3.05) is 7.11 Å². The van der Waals surface area contributed by atoms with Crippen molar-refractivity contribution in [1.82, 2.24) is 9.78 Å². The van der Waals surface area contributed by atoms with Crippen molar-refractivity contribution in [2.45, 2.75) is 6.54 Å². The highest BCUT2D eigenvalue weighted by molar-refractivity contribution is 6.31. The van der Waals surface area contributed by atoms with E-state index in [0.717, 1.165) is 22.9 Å². The summed E-state index contributed by atoms with van der Waals surface area (Å²) in [7, 11) is 1.39. The van der Waals surface area contributed by atoms with E-state index >= 15 is 0 Å². The predicted molar refractivity (Wildman–Crippen MR) is 75.7 cm³/mol. The first-order valence-electron chi connectivity index (χ1n) is 6.06. The van der Waals surface area contributed by atoms with Crippen molar-refractivity contribution >= 4 is 23.6 Å². The normalized spacial score (nSPS) is 11.1. The predicted octanol–water partition coefficient (Wildman–Crippen LogP) is 3.18. The zero-order valence-corrected chi connectivity index (χ0v) is 12.1. The van der Waals surface area contributed by atoms with Crippen LogP contribution >= 0.6 is 11.6 Å². The topological polar surface area (TPSA) is 64.3 Å². The number of ether oxygens (including phenoxy) is 1. The Bertz CT molecular complexity index is 724. The Labute approximate surface area is 129 Å². The molecule has 1 aromatic heterocycles. The van der Waals surface area contributed by atoms with E-state index in [1.165, 1.54) is 19.4 Å². The van der Waals surface area contributed by atoms with Crippen molar-refractivity contribution in [2.24, 2.45) is 0 Å². The van der Waals surface area contributed by atoms with Gasteiger partial charge >= 0.3 is 5.97 Å². The maximum Gasteiger partial charge on any atom is 0.357 e. The lowest BCUT2D eigenvalue weighted by atomic mass is 10.2. The van der Waals surface area contributed by atoms with Crippen molar-refractivity contribution in [3.8, 4) is 0 Å². The number of carbonyl (C=O) groups is 1. The number of carboxylic acid groups (broad SMARTS) is 1. The number of aromatic carboxylic acids is 1. The van der Waals surface area contributed by atoms with Crippen LogP contribution in [0.25, 0.3) is 6.08 Å². The van der Waals surface area contributed by atoms with Crippen LogP contribution < -0.4 is 0 Å². The molecule has 0 saturated heterocycles. The molecule has 1 aromatic carbocycles. The summed E-state index contributed by atoms with van der Waals surface area (Å²) < 4.78 is 32.2. The zero-order valence-electron chi connectivity index (χ0n) is 11.4. The smallest absolute Gasteiger partial charge is 0.357 e. The monoisotopic (exact) mass is 328 g/mol. The molecule has 0 radical (unpaired) electrons. The number of methoxy groups -OCH3 is 1. The minimum atomic E-state index is -1.28. The minimum absolute atomic E-state index is 0.0235. The lowest BCUT2D eigenvalue weighted by Gasteiger charge is -2.04. The number of halogens is 3. The molecule has 0 amide bonds. The second kappa shape index (κ2) is 6.57. The summed E-state index contributed by atoms with van der Waals surface area (Å²) in [5.74, 6) is -2.76. The highest BCUT2D eigenvalue weighted by atomic mass is 35.5. The molecule has 1 N–H and O–H groups in total. The van der Waals surface area contributed by atoms with Crippen LogP contribution in [0.1, 0.15) is 21.6 Å². The number of benzene rings is 1. The van der Waals surface area contributed by atoms with E-state index in [2.05, 4.69) is 5.10 Å². The Kier molecular flexibility index (Phi) is 4.77. The Balaban J connectivity index is 2.43. The summed E-state index contributed by atoms with van der Waals surface area (Å²) >= 11 is 6.08. The Morgan fingerprint density at radius 1 is 1.41 bits per heavy atom. The quantitative estimate of drug-likeness (QED) is 0.856. The van der Waals surface area contributed by atoms with Crippen LogP contribution in [0.2, 0.25) is 5.15 Å². The molecule has 5 nitrogen and oxygen atoms in total. The molecule has 0 aliphatic rings. The average Bonchev–Trinajstić information content (AvgIpc) is 2.72. The molecular weight excluding hydrogens is 318 g/mol. The van der Waals surface area contributed by atoms with Gasteiger partial charge in [-0.2, -0.15) is 5.10 Å². The van der Waals surface area contributed by atoms with Crippen LogP contribution in [0.15, 0.2) is 24.5 Å². The van der Waals surface area contributed by atoms with Gasteiger partial charge in [0.25, 0.3) is 0 Å². The van der Waals surface area contributed by atoms with Crippen LogP contribution in [0, 0.1) is 11.6 Å². The summed E-state index contributed by atoms with van der Waals surface area (Å²) in [5, 5.41) is 13.0. The molecule has 22 heavy (non-hydrogen) atoms. The summed E-state index contributed by atoms with van der Waals surface area (Å²) in [6.07, 6.45) is 2.60. The van der Waals surface area contributed by atoms with E-state index in [1.54, 1.807) is 0 Å². The van der Waals surface area contributed by atoms with Crippen LogP contribution in [-0.2, 0) is 11.3 Å². The lowest BCUT2D eigenvalue weighted by Crippen LogP contribution is -2.05. The van der Waals surface area contributed by atoms with E-state index < -0.39 is 17.6 Å². The van der Waals surface area contributed by atoms with Crippen LogP contribution in [0.5, 0.6) is 0 Å². The fraction of sp³-hybridized carbons (Fsp3) is 0.143. The number of aromatic nitrogens is 2. The number of nitrogens with zero attached hydrogens (tertiary/aromatic N) is 2. The molecule has 0 spiro atoms. The molecule has 0 saturated carbocycles. The van der Waals surface area contributed by atoms with Crippen molar-refractivity contribution in [1.29, 1.82) is 0 Å². The summed E-state index contributed by atoms with van der Waals surface area (Å²) in [4.78, 5) is 11.2. The third-order valence-electron chi connectivity index (χ3n) is 2.75. The van der Waals surface area contributed by atoms with E-state index in [4.69, 9.17) is 21.4 Å². The molecule has 0 aliphatic carbocycles. The number of hydrogen-bond acceptors (Lipinski definition) is 3. The van der Waals surface area contributed by atoms with Crippen LogP contribution in [0.4, 0.5) is 8.78 Å². The molecule has 0 fully saturated rings. The Morgan fingerprint density at radius 2 is 2.05 bits per heavy atom. The SMILES string of the molecule is CO/C=C/c1c(C(=O)O)nn(Cc2cc(F)cc(F)c2)c1Cl. The Morgan fingerprint density at radius 3 is 2.59 bits per heavy atom. The van der Waals surface area contributed by atoms with Gasteiger partial charge in [0, 0.05) is 11.6 Å². The molecule has 0 unspecified atom stereocenters. The zero-order chi connectivity index (χ0) is 16.3. The van der Waals surface area contributed by atoms with Gasteiger partial charge in [-0.1, -0.05) is 11.6 Å². The third kappa shape index (κ3) is 3.43.